The van der Waals surface area contributed by atoms with Crippen LogP contribution in [0.5, 0.6) is 0 Å². The number of benzene rings is 1. The second kappa shape index (κ2) is 5.07. The molecule has 0 radical (unpaired) electrons. The van der Waals surface area contributed by atoms with E-state index in [-0.39, 0.29) is 12.2 Å². The van der Waals surface area contributed by atoms with Gasteiger partial charge in [0.1, 0.15) is 0 Å². The highest BCUT2D eigenvalue weighted by molar-refractivity contribution is 5.56. The summed E-state index contributed by atoms with van der Waals surface area (Å²) in [5, 5.41) is 0. The van der Waals surface area contributed by atoms with E-state index in [9.17, 15) is 0 Å². The molecule has 2 atom stereocenters. The van der Waals surface area contributed by atoms with Gasteiger partial charge in [0.05, 0.1) is 12.2 Å². The minimum Gasteiger partial charge on any atom is -0.372 e. The van der Waals surface area contributed by atoms with Gasteiger partial charge in [-0.15, -0.1) is 0 Å². The SMILES string of the molecule is Cc1ccc(CN)c(N2C[C@@H](C)O[C@@H](C)C2)c1. The molecule has 0 amide bonds. The predicted octanol–water partition coefficient (Wildman–Crippen LogP) is 2.07. The Labute approximate surface area is 104 Å². The zero-order valence-corrected chi connectivity index (χ0v) is 10.9. The number of nitrogens with zero attached hydrogens (tertiary/aromatic N) is 1. The van der Waals surface area contributed by atoms with Crippen LogP contribution in [-0.2, 0) is 11.3 Å². The molecule has 1 fully saturated rings. The summed E-state index contributed by atoms with van der Waals surface area (Å²) in [4.78, 5) is 2.40. The Morgan fingerprint density at radius 1 is 1.29 bits per heavy atom. The van der Waals surface area contributed by atoms with Crippen molar-refractivity contribution in [3.63, 3.8) is 0 Å². The molecule has 0 aliphatic carbocycles. The molecule has 0 unspecified atom stereocenters. The Morgan fingerprint density at radius 2 is 1.94 bits per heavy atom. The molecule has 1 aromatic carbocycles. The maximum atomic E-state index is 5.82. The molecule has 3 nitrogen and oxygen atoms in total. The molecular weight excluding hydrogens is 212 g/mol. The van der Waals surface area contributed by atoms with E-state index in [4.69, 9.17) is 10.5 Å². The molecule has 94 valence electrons. The normalized spacial score (nSPS) is 25.1. The van der Waals surface area contributed by atoms with E-state index in [2.05, 4.69) is 43.9 Å². The van der Waals surface area contributed by atoms with Gasteiger partial charge >= 0.3 is 0 Å². The maximum Gasteiger partial charge on any atom is 0.0726 e. The van der Waals surface area contributed by atoms with Crippen LogP contribution in [0.3, 0.4) is 0 Å². The minimum atomic E-state index is 0.282. The summed E-state index contributed by atoms with van der Waals surface area (Å²) >= 11 is 0. The van der Waals surface area contributed by atoms with E-state index in [1.54, 1.807) is 0 Å². The van der Waals surface area contributed by atoms with Gasteiger partial charge in [0.2, 0.25) is 0 Å². The van der Waals surface area contributed by atoms with Crippen molar-refractivity contribution in [2.24, 2.45) is 5.73 Å². The fourth-order valence-corrected chi connectivity index (χ4v) is 2.52. The molecule has 2 rings (SSSR count). The highest BCUT2D eigenvalue weighted by Gasteiger charge is 2.23. The highest BCUT2D eigenvalue weighted by atomic mass is 16.5. The van der Waals surface area contributed by atoms with E-state index in [1.165, 1.54) is 16.8 Å². The Hall–Kier alpha value is -1.06. The van der Waals surface area contributed by atoms with E-state index in [1.807, 2.05) is 0 Å². The Morgan fingerprint density at radius 3 is 2.53 bits per heavy atom. The monoisotopic (exact) mass is 234 g/mol. The van der Waals surface area contributed by atoms with Gasteiger partial charge in [0.25, 0.3) is 0 Å². The van der Waals surface area contributed by atoms with Gasteiger partial charge in [0.15, 0.2) is 0 Å². The molecule has 0 aromatic heterocycles. The van der Waals surface area contributed by atoms with Gasteiger partial charge in [-0.25, -0.2) is 0 Å². The zero-order chi connectivity index (χ0) is 12.4. The zero-order valence-electron chi connectivity index (χ0n) is 10.9. The van der Waals surface area contributed by atoms with E-state index in [0.29, 0.717) is 6.54 Å². The molecule has 17 heavy (non-hydrogen) atoms. The lowest BCUT2D eigenvalue weighted by Crippen LogP contribution is -2.46. The quantitative estimate of drug-likeness (QED) is 0.851. The van der Waals surface area contributed by atoms with Crippen LogP contribution in [0.1, 0.15) is 25.0 Å². The van der Waals surface area contributed by atoms with Crippen molar-refractivity contribution >= 4 is 5.69 Å². The number of hydrogen-bond donors (Lipinski definition) is 1. The average Bonchev–Trinajstić information content (AvgIpc) is 2.27. The number of morpholine rings is 1. The van der Waals surface area contributed by atoms with Crippen molar-refractivity contribution < 1.29 is 4.74 Å². The predicted molar refractivity (Wildman–Crippen MR) is 71.3 cm³/mol. The van der Waals surface area contributed by atoms with Crippen molar-refractivity contribution in [2.75, 3.05) is 18.0 Å². The van der Waals surface area contributed by atoms with Crippen LogP contribution in [-0.4, -0.2) is 25.3 Å². The second-order valence-corrected chi connectivity index (χ2v) is 5.00. The number of hydrogen-bond acceptors (Lipinski definition) is 3. The third kappa shape index (κ3) is 2.79. The lowest BCUT2D eigenvalue weighted by atomic mass is 10.1. The van der Waals surface area contributed by atoms with E-state index < -0.39 is 0 Å². The molecule has 2 N–H and O–H groups in total. The summed E-state index contributed by atoms with van der Waals surface area (Å²) < 4.78 is 5.77. The van der Waals surface area contributed by atoms with Crippen molar-refractivity contribution in [3.8, 4) is 0 Å². The standard InChI is InChI=1S/C14H22N2O/c1-10-4-5-13(7-15)14(6-10)16-8-11(2)17-12(3)9-16/h4-6,11-12H,7-9,15H2,1-3H3/t11-,12+. The summed E-state index contributed by atoms with van der Waals surface area (Å²) in [5.41, 5.74) is 9.59. The van der Waals surface area contributed by atoms with Crippen LogP contribution < -0.4 is 10.6 Å². The lowest BCUT2D eigenvalue weighted by Gasteiger charge is -2.38. The topological polar surface area (TPSA) is 38.5 Å². The molecule has 1 saturated heterocycles. The Bertz CT molecular complexity index is 382. The van der Waals surface area contributed by atoms with Crippen molar-refractivity contribution in [1.29, 1.82) is 0 Å². The van der Waals surface area contributed by atoms with Crippen LogP contribution >= 0.6 is 0 Å². The van der Waals surface area contributed by atoms with Crippen LogP contribution in [0.4, 0.5) is 5.69 Å². The molecule has 0 bridgehead atoms. The van der Waals surface area contributed by atoms with E-state index >= 15 is 0 Å². The van der Waals surface area contributed by atoms with Crippen LogP contribution in [0, 0.1) is 6.92 Å². The van der Waals surface area contributed by atoms with Gasteiger partial charge in [-0.1, -0.05) is 12.1 Å². The molecule has 1 aliphatic heterocycles. The smallest absolute Gasteiger partial charge is 0.0726 e. The molecule has 1 aromatic rings. The third-order valence-electron chi connectivity index (χ3n) is 3.22. The van der Waals surface area contributed by atoms with Crippen LogP contribution in [0.25, 0.3) is 0 Å². The second-order valence-electron chi connectivity index (χ2n) is 5.00. The molecular formula is C14H22N2O. The largest absolute Gasteiger partial charge is 0.372 e. The van der Waals surface area contributed by atoms with Crippen LogP contribution in [0.2, 0.25) is 0 Å². The van der Waals surface area contributed by atoms with Gasteiger partial charge in [-0.05, 0) is 38.0 Å². The maximum absolute atomic E-state index is 5.82. The molecule has 0 spiro atoms. The molecule has 1 aliphatic rings. The fraction of sp³-hybridized carbons (Fsp3) is 0.571. The number of aryl methyl sites for hydroxylation is 1. The number of rotatable bonds is 2. The van der Waals surface area contributed by atoms with E-state index in [0.717, 1.165) is 13.1 Å². The van der Waals surface area contributed by atoms with Crippen molar-refractivity contribution in [1.82, 2.24) is 0 Å². The number of ether oxygens (including phenoxy) is 1. The Kier molecular flexibility index (Phi) is 3.69. The summed E-state index contributed by atoms with van der Waals surface area (Å²) in [5.74, 6) is 0. The van der Waals surface area contributed by atoms with Gasteiger partial charge in [0, 0.05) is 25.3 Å². The summed E-state index contributed by atoms with van der Waals surface area (Å²) in [6.45, 7) is 8.86. The average molecular weight is 234 g/mol. The summed E-state index contributed by atoms with van der Waals surface area (Å²) in [6, 6.07) is 6.49. The van der Waals surface area contributed by atoms with Gasteiger partial charge in [-0.2, -0.15) is 0 Å². The highest BCUT2D eigenvalue weighted by Crippen LogP contribution is 2.25. The molecule has 1 heterocycles. The first-order valence-corrected chi connectivity index (χ1v) is 6.30. The first-order chi connectivity index (χ1) is 8.10. The first kappa shape index (κ1) is 12.4. The first-order valence-electron chi connectivity index (χ1n) is 6.30. The molecule has 3 heteroatoms. The fourth-order valence-electron chi connectivity index (χ4n) is 2.52. The van der Waals surface area contributed by atoms with Crippen LogP contribution in [0.15, 0.2) is 18.2 Å². The van der Waals surface area contributed by atoms with Crippen molar-refractivity contribution in [2.45, 2.75) is 39.5 Å². The third-order valence-corrected chi connectivity index (χ3v) is 3.22. The number of anilines is 1. The van der Waals surface area contributed by atoms with Gasteiger partial charge in [-0.3, -0.25) is 0 Å². The minimum absolute atomic E-state index is 0.282. The number of nitrogens with two attached hydrogens (primary N) is 1. The lowest BCUT2D eigenvalue weighted by molar-refractivity contribution is -0.00526. The summed E-state index contributed by atoms with van der Waals surface area (Å²) in [6.07, 6.45) is 0.565. The Balaban J connectivity index is 2.28. The molecule has 0 saturated carbocycles. The summed E-state index contributed by atoms with van der Waals surface area (Å²) in [7, 11) is 0. The van der Waals surface area contributed by atoms with Crippen molar-refractivity contribution in [3.05, 3.63) is 29.3 Å². The van der Waals surface area contributed by atoms with Gasteiger partial charge < -0.3 is 15.4 Å².